The van der Waals surface area contributed by atoms with Crippen molar-refractivity contribution in [3.63, 3.8) is 0 Å². The fourth-order valence-electron chi connectivity index (χ4n) is 1.67. The van der Waals surface area contributed by atoms with E-state index < -0.39 is 0 Å². The molecule has 0 saturated heterocycles. The summed E-state index contributed by atoms with van der Waals surface area (Å²) in [6.45, 7) is 2.98. The maximum atomic E-state index is 11.8. The number of aliphatic hydroxyl groups excluding tert-OH is 1. The third kappa shape index (κ3) is 4.44. The smallest absolute Gasteiger partial charge is 0.222 e. The fraction of sp³-hybridized carbons (Fsp3) is 0.462. The number of benzene rings is 1. The molecule has 4 heteroatoms. The van der Waals surface area contributed by atoms with E-state index >= 15 is 0 Å². The highest BCUT2D eigenvalue weighted by Crippen LogP contribution is 2.08. The van der Waals surface area contributed by atoms with Crippen molar-refractivity contribution in [1.29, 1.82) is 0 Å². The third-order valence-corrected chi connectivity index (χ3v) is 2.71. The zero-order valence-electron chi connectivity index (χ0n) is 10.2. The Morgan fingerprint density at radius 3 is 2.53 bits per heavy atom. The van der Waals surface area contributed by atoms with E-state index in [1.165, 1.54) is 0 Å². The molecule has 3 N–H and O–H groups in total. The summed E-state index contributed by atoms with van der Waals surface area (Å²) >= 11 is 0. The van der Waals surface area contributed by atoms with Crippen molar-refractivity contribution < 1.29 is 9.90 Å². The van der Waals surface area contributed by atoms with Crippen LogP contribution in [0.1, 0.15) is 18.9 Å². The number of nitrogens with zero attached hydrogens (tertiary/aromatic N) is 1. The van der Waals surface area contributed by atoms with Crippen LogP contribution in [0, 0.1) is 0 Å². The van der Waals surface area contributed by atoms with Crippen LogP contribution in [0.5, 0.6) is 0 Å². The molecule has 0 atom stereocenters. The van der Waals surface area contributed by atoms with E-state index in [-0.39, 0.29) is 12.5 Å². The summed E-state index contributed by atoms with van der Waals surface area (Å²) in [5.41, 5.74) is 7.43. The first kappa shape index (κ1) is 13.5. The molecule has 0 unspecified atom stereocenters. The topological polar surface area (TPSA) is 66.6 Å². The van der Waals surface area contributed by atoms with Gasteiger partial charge in [0.25, 0.3) is 0 Å². The monoisotopic (exact) mass is 236 g/mol. The van der Waals surface area contributed by atoms with Crippen LogP contribution in [-0.2, 0) is 11.2 Å². The van der Waals surface area contributed by atoms with Gasteiger partial charge in [-0.15, -0.1) is 0 Å². The molecule has 4 nitrogen and oxygen atoms in total. The van der Waals surface area contributed by atoms with Crippen molar-refractivity contribution in [3.8, 4) is 0 Å². The molecule has 1 rings (SSSR count). The third-order valence-electron chi connectivity index (χ3n) is 2.71. The second-order valence-corrected chi connectivity index (χ2v) is 3.94. The van der Waals surface area contributed by atoms with Crippen LogP contribution in [-0.4, -0.2) is 35.6 Å². The van der Waals surface area contributed by atoms with Gasteiger partial charge in [0.2, 0.25) is 5.91 Å². The summed E-state index contributed by atoms with van der Waals surface area (Å²) < 4.78 is 0. The molecule has 94 valence electrons. The number of anilines is 1. The van der Waals surface area contributed by atoms with Crippen LogP contribution in [0.15, 0.2) is 24.3 Å². The maximum Gasteiger partial charge on any atom is 0.222 e. The minimum atomic E-state index is 0.0153. The zero-order valence-corrected chi connectivity index (χ0v) is 10.2. The number of likely N-dealkylation sites (N-methyl/N-ethyl adjacent to an activating group) is 1. The van der Waals surface area contributed by atoms with Crippen LogP contribution in [0.2, 0.25) is 0 Å². The summed E-state index contributed by atoms with van der Waals surface area (Å²) in [7, 11) is 0. The second-order valence-electron chi connectivity index (χ2n) is 3.94. The Bertz CT molecular complexity index is 349. The van der Waals surface area contributed by atoms with Crippen molar-refractivity contribution in [3.05, 3.63) is 29.8 Å². The zero-order chi connectivity index (χ0) is 12.7. The Kier molecular flexibility index (Phi) is 5.49. The van der Waals surface area contributed by atoms with E-state index in [0.717, 1.165) is 11.3 Å². The highest BCUT2D eigenvalue weighted by atomic mass is 16.3. The number of nitrogens with two attached hydrogens (primary N) is 1. The van der Waals surface area contributed by atoms with Crippen molar-refractivity contribution in [2.24, 2.45) is 0 Å². The number of nitrogen functional groups attached to an aromatic ring is 1. The van der Waals surface area contributed by atoms with Crippen molar-refractivity contribution in [2.75, 3.05) is 25.4 Å². The number of rotatable bonds is 6. The highest BCUT2D eigenvalue weighted by Gasteiger charge is 2.10. The van der Waals surface area contributed by atoms with Crippen molar-refractivity contribution >= 4 is 11.6 Å². The molecule has 0 heterocycles. The fourth-order valence-corrected chi connectivity index (χ4v) is 1.67. The van der Waals surface area contributed by atoms with Gasteiger partial charge in [-0.2, -0.15) is 0 Å². The Hall–Kier alpha value is -1.55. The standard InChI is InChI=1S/C13H20N2O2/c1-2-15(9-10-16)13(17)8-5-11-3-6-12(14)7-4-11/h3-4,6-7,16H,2,5,8-10,14H2,1H3. The van der Waals surface area contributed by atoms with Gasteiger partial charge in [0, 0.05) is 25.2 Å². The average molecular weight is 236 g/mol. The molecule has 0 radical (unpaired) electrons. The minimum absolute atomic E-state index is 0.0153. The summed E-state index contributed by atoms with van der Waals surface area (Å²) in [4.78, 5) is 13.5. The molecule has 1 aromatic rings. The predicted octanol–water partition coefficient (Wildman–Crippen LogP) is 1.04. The average Bonchev–Trinajstić information content (AvgIpc) is 2.35. The van der Waals surface area contributed by atoms with Crippen LogP contribution in [0.4, 0.5) is 5.69 Å². The first-order chi connectivity index (χ1) is 8.17. The van der Waals surface area contributed by atoms with E-state index in [2.05, 4.69) is 0 Å². The summed E-state index contributed by atoms with van der Waals surface area (Å²) in [5, 5.41) is 8.82. The van der Waals surface area contributed by atoms with E-state index in [1.807, 2.05) is 31.2 Å². The second kappa shape index (κ2) is 6.91. The number of carbonyl (C=O) groups excluding carboxylic acids is 1. The number of amides is 1. The lowest BCUT2D eigenvalue weighted by Gasteiger charge is -2.19. The molecule has 1 aromatic carbocycles. The Morgan fingerprint density at radius 2 is 2.00 bits per heavy atom. The number of carbonyl (C=O) groups is 1. The van der Waals surface area contributed by atoms with Gasteiger partial charge in [0.1, 0.15) is 0 Å². The summed E-state index contributed by atoms with van der Waals surface area (Å²) in [6.07, 6.45) is 1.18. The largest absolute Gasteiger partial charge is 0.399 e. The maximum absolute atomic E-state index is 11.8. The molecule has 0 saturated carbocycles. The van der Waals surface area contributed by atoms with Crippen molar-refractivity contribution in [1.82, 2.24) is 4.90 Å². The quantitative estimate of drug-likeness (QED) is 0.725. The number of aliphatic hydroxyl groups is 1. The molecular formula is C13H20N2O2. The van der Waals surface area contributed by atoms with Crippen LogP contribution in [0.3, 0.4) is 0 Å². The molecule has 0 fully saturated rings. The van der Waals surface area contributed by atoms with Crippen LogP contribution >= 0.6 is 0 Å². The molecule has 0 aliphatic rings. The number of aryl methyl sites for hydroxylation is 1. The van der Waals surface area contributed by atoms with Gasteiger partial charge in [-0.25, -0.2) is 0 Å². The molecule has 0 spiro atoms. The molecule has 0 aliphatic heterocycles. The molecule has 0 aliphatic carbocycles. The minimum Gasteiger partial charge on any atom is -0.399 e. The summed E-state index contributed by atoms with van der Waals surface area (Å²) in [6, 6.07) is 7.55. The van der Waals surface area contributed by atoms with E-state index in [1.54, 1.807) is 4.90 Å². The Labute approximate surface area is 102 Å². The molecule has 0 bridgehead atoms. The normalized spacial score (nSPS) is 10.2. The molecule has 0 aromatic heterocycles. The van der Waals surface area contributed by atoms with Gasteiger partial charge in [-0.05, 0) is 31.0 Å². The van der Waals surface area contributed by atoms with E-state index in [4.69, 9.17) is 10.8 Å². The Balaban J connectivity index is 2.44. The number of hydrogen-bond donors (Lipinski definition) is 2. The lowest BCUT2D eigenvalue weighted by Crippen LogP contribution is -2.33. The van der Waals surface area contributed by atoms with E-state index in [0.29, 0.717) is 25.9 Å². The van der Waals surface area contributed by atoms with Gasteiger partial charge in [-0.3, -0.25) is 4.79 Å². The van der Waals surface area contributed by atoms with Crippen LogP contribution in [0.25, 0.3) is 0 Å². The lowest BCUT2D eigenvalue weighted by atomic mass is 10.1. The highest BCUT2D eigenvalue weighted by molar-refractivity contribution is 5.76. The van der Waals surface area contributed by atoms with Crippen LogP contribution < -0.4 is 5.73 Å². The Morgan fingerprint density at radius 1 is 1.35 bits per heavy atom. The van der Waals surface area contributed by atoms with Gasteiger partial charge in [0.15, 0.2) is 0 Å². The lowest BCUT2D eigenvalue weighted by molar-refractivity contribution is -0.131. The predicted molar refractivity (Wildman–Crippen MR) is 68.5 cm³/mol. The summed E-state index contributed by atoms with van der Waals surface area (Å²) in [5.74, 6) is 0.0818. The first-order valence-corrected chi connectivity index (χ1v) is 5.90. The van der Waals surface area contributed by atoms with Gasteiger partial charge in [-0.1, -0.05) is 12.1 Å². The molecular weight excluding hydrogens is 216 g/mol. The molecule has 17 heavy (non-hydrogen) atoms. The SMILES string of the molecule is CCN(CCO)C(=O)CCc1ccc(N)cc1. The van der Waals surface area contributed by atoms with Gasteiger partial charge >= 0.3 is 0 Å². The number of hydrogen-bond acceptors (Lipinski definition) is 3. The van der Waals surface area contributed by atoms with Gasteiger partial charge < -0.3 is 15.7 Å². The molecule has 1 amide bonds. The van der Waals surface area contributed by atoms with Crippen molar-refractivity contribution in [2.45, 2.75) is 19.8 Å². The van der Waals surface area contributed by atoms with E-state index in [9.17, 15) is 4.79 Å². The van der Waals surface area contributed by atoms with Gasteiger partial charge in [0.05, 0.1) is 6.61 Å². The first-order valence-electron chi connectivity index (χ1n) is 5.90.